The molecule has 0 spiro atoms. The molecule has 2 aromatic heterocycles. The van der Waals surface area contributed by atoms with Crippen LogP contribution in [-0.4, -0.2) is 39.6 Å². The molecule has 1 aliphatic heterocycles. The summed E-state index contributed by atoms with van der Waals surface area (Å²) in [5.41, 5.74) is 2.72. The summed E-state index contributed by atoms with van der Waals surface area (Å²) >= 11 is 0. The van der Waals surface area contributed by atoms with Gasteiger partial charge in [-0.3, -0.25) is 4.98 Å². The molecule has 0 amide bonds. The summed E-state index contributed by atoms with van der Waals surface area (Å²) < 4.78 is 13.4. The quantitative estimate of drug-likeness (QED) is 0.560. The molecule has 3 heterocycles. The van der Waals surface area contributed by atoms with Crippen LogP contribution in [0, 0.1) is 0 Å². The molecule has 1 aliphatic rings. The Labute approximate surface area is 156 Å². The lowest BCUT2D eigenvalue weighted by Gasteiger charge is -2.22. The molecule has 6 nitrogen and oxygen atoms in total. The van der Waals surface area contributed by atoms with Crippen LogP contribution in [-0.2, 0) is 9.47 Å². The molecule has 0 bridgehead atoms. The molecule has 1 saturated heterocycles. The van der Waals surface area contributed by atoms with Gasteiger partial charge in [-0.2, -0.15) is 0 Å². The molecule has 2 aromatic carbocycles. The van der Waals surface area contributed by atoms with Crippen molar-refractivity contribution >= 4 is 10.9 Å². The SMILES string of the molecule is c1ccc(-c2nc([C@H]3COCCO3)n(-c3cccc4cccnc34)n2)cc1. The molecular weight excluding hydrogens is 340 g/mol. The summed E-state index contributed by atoms with van der Waals surface area (Å²) in [6, 6.07) is 20.0. The Hall–Kier alpha value is -3.09. The second-order valence-corrected chi connectivity index (χ2v) is 6.36. The lowest BCUT2D eigenvalue weighted by atomic mass is 10.2. The Bertz CT molecular complexity index is 1070. The van der Waals surface area contributed by atoms with Crippen molar-refractivity contribution < 1.29 is 9.47 Å². The van der Waals surface area contributed by atoms with E-state index in [2.05, 4.69) is 4.98 Å². The van der Waals surface area contributed by atoms with Crippen LogP contribution in [0.4, 0.5) is 0 Å². The van der Waals surface area contributed by atoms with Gasteiger partial charge in [0.25, 0.3) is 0 Å². The fourth-order valence-corrected chi connectivity index (χ4v) is 3.32. The monoisotopic (exact) mass is 358 g/mol. The summed E-state index contributed by atoms with van der Waals surface area (Å²) in [5.74, 6) is 1.39. The number of rotatable bonds is 3. The Morgan fingerprint density at radius 1 is 0.926 bits per heavy atom. The van der Waals surface area contributed by atoms with E-state index in [0.717, 1.165) is 28.0 Å². The number of benzene rings is 2. The van der Waals surface area contributed by atoms with Crippen molar-refractivity contribution in [3.05, 3.63) is 72.7 Å². The van der Waals surface area contributed by atoms with Gasteiger partial charge in [0.15, 0.2) is 11.6 Å². The van der Waals surface area contributed by atoms with Gasteiger partial charge in [-0.15, -0.1) is 5.10 Å². The molecule has 6 heteroatoms. The smallest absolute Gasteiger partial charge is 0.181 e. The topological polar surface area (TPSA) is 62.1 Å². The highest BCUT2D eigenvalue weighted by molar-refractivity contribution is 5.86. The Kier molecular flexibility index (Phi) is 4.12. The van der Waals surface area contributed by atoms with E-state index in [-0.39, 0.29) is 6.10 Å². The number of pyridine rings is 1. The third-order valence-corrected chi connectivity index (χ3v) is 4.61. The highest BCUT2D eigenvalue weighted by atomic mass is 16.6. The molecule has 0 saturated carbocycles. The molecule has 4 aromatic rings. The standard InChI is InChI=1S/C21H18N4O2/c1-2-6-16(7-3-1)20-23-21(18-14-26-12-13-27-18)25(24-20)17-10-4-8-15-9-5-11-22-19(15)17/h1-11,18H,12-14H2/t18-/m1/s1. The first-order chi connectivity index (χ1) is 13.4. The zero-order valence-electron chi connectivity index (χ0n) is 14.7. The van der Waals surface area contributed by atoms with Crippen LogP contribution in [0.3, 0.4) is 0 Å². The van der Waals surface area contributed by atoms with Gasteiger partial charge in [0.2, 0.25) is 0 Å². The van der Waals surface area contributed by atoms with E-state index < -0.39 is 0 Å². The number of para-hydroxylation sites is 1. The van der Waals surface area contributed by atoms with Crippen LogP contribution in [0.15, 0.2) is 66.9 Å². The average Bonchev–Trinajstić information content (AvgIpc) is 3.20. The summed E-state index contributed by atoms with van der Waals surface area (Å²) in [7, 11) is 0. The molecule has 5 rings (SSSR count). The fourth-order valence-electron chi connectivity index (χ4n) is 3.32. The van der Waals surface area contributed by atoms with Gasteiger partial charge in [-0.1, -0.05) is 48.5 Å². The molecular formula is C21H18N4O2. The first-order valence-electron chi connectivity index (χ1n) is 8.96. The van der Waals surface area contributed by atoms with E-state index in [9.17, 15) is 0 Å². The minimum Gasteiger partial charge on any atom is -0.376 e. The van der Waals surface area contributed by atoms with Crippen molar-refractivity contribution in [3.8, 4) is 17.1 Å². The summed E-state index contributed by atoms with van der Waals surface area (Å²) in [4.78, 5) is 9.37. The van der Waals surface area contributed by atoms with Crippen molar-refractivity contribution in [1.82, 2.24) is 19.7 Å². The molecule has 27 heavy (non-hydrogen) atoms. The Morgan fingerprint density at radius 3 is 2.67 bits per heavy atom. The number of hydrogen-bond donors (Lipinski definition) is 0. The number of nitrogens with zero attached hydrogens (tertiary/aromatic N) is 4. The average molecular weight is 358 g/mol. The number of fused-ring (bicyclic) bond motifs is 1. The fraction of sp³-hybridized carbons (Fsp3) is 0.190. The van der Waals surface area contributed by atoms with Gasteiger partial charge in [-0.25, -0.2) is 9.67 Å². The van der Waals surface area contributed by atoms with Crippen LogP contribution in [0.2, 0.25) is 0 Å². The predicted octanol–water partition coefficient (Wildman–Crippen LogP) is 3.57. The lowest BCUT2D eigenvalue weighted by Crippen LogP contribution is -2.24. The minimum absolute atomic E-state index is 0.261. The maximum absolute atomic E-state index is 5.92. The Morgan fingerprint density at radius 2 is 1.81 bits per heavy atom. The van der Waals surface area contributed by atoms with E-state index in [0.29, 0.717) is 25.6 Å². The zero-order valence-corrected chi connectivity index (χ0v) is 14.7. The highest BCUT2D eigenvalue weighted by Crippen LogP contribution is 2.28. The third kappa shape index (κ3) is 2.99. The van der Waals surface area contributed by atoms with E-state index in [1.54, 1.807) is 6.20 Å². The van der Waals surface area contributed by atoms with Crippen molar-refractivity contribution in [3.63, 3.8) is 0 Å². The van der Waals surface area contributed by atoms with Gasteiger partial charge >= 0.3 is 0 Å². The van der Waals surface area contributed by atoms with Crippen LogP contribution in [0.5, 0.6) is 0 Å². The summed E-state index contributed by atoms with van der Waals surface area (Å²) in [6.07, 6.45) is 1.53. The van der Waals surface area contributed by atoms with Gasteiger partial charge in [0, 0.05) is 17.1 Å². The first-order valence-corrected chi connectivity index (χ1v) is 8.96. The zero-order chi connectivity index (χ0) is 18.1. The Balaban J connectivity index is 1.71. The van der Waals surface area contributed by atoms with Crippen LogP contribution >= 0.6 is 0 Å². The van der Waals surface area contributed by atoms with Crippen LogP contribution in [0.1, 0.15) is 11.9 Å². The van der Waals surface area contributed by atoms with Crippen molar-refractivity contribution in [1.29, 1.82) is 0 Å². The van der Waals surface area contributed by atoms with Crippen molar-refractivity contribution in [2.45, 2.75) is 6.10 Å². The molecule has 1 fully saturated rings. The second kappa shape index (κ2) is 6.90. The van der Waals surface area contributed by atoms with Crippen molar-refractivity contribution in [2.75, 3.05) is 19.8 Å². The third-order valence-electron chi connectivity index (χ3n) is 4.61. The molecule has 134 valence electrons. The van der Waals surface area contributed by atoms with Gasteiger partial charge < -0.3 is 9.47 Å². The van der Waals surface area contributed by atoms with Crippen molar-refractivity contribution in [2.24, 2.45) is 0 Å². The van der Waals surface area contributed by atoms with Crippen LogP contribution in [0.25, 0.3) is 28.0 Å². The largest absolute Gasteiger partial charge is 0.376 e. The number of aromatic nitrogens is 4. The normalized spacial score (nSPS) is 17.3. The van der Waals surface area contributed by atoms with Gasteiger partial charge in [-0.05, 0) is 12.1 Å². The molecule has 0 aliphatic carbocycles. The van der Waals surface area contributed by atoms with E-state index in [4.69, 9.17) is 19.6 Å². The number of ether oxygens (including phenoxy) is 2. The highest BCUT2D eigenvalue weighted by Gasteiger charge is 2.26. The van der Waals surface area contributed by atoms with E-state index in [1.165, 1.54) is 0 Å². The van der Waals surface area contributed by atoms with E-state index >= 15 is 0 Å². The lowest BCUT2D eigenvalue weighted by molar-refractivity contribution is -0.0942. The van der Waals surface area contributed by atoms with Crippen LogP contribution < -0.4 is 0 Å². The summed E-state index contributed by atoms with van der Waals surface area (Å²) in [6.45, 7) is 1.61. The van der Waals surface area contributed by atoms with Gasteiger partial charge in [0.1, 0.15) is 6.10 Å². The first kappa shape index (κ1) is 16.1. The maximum Gasteiger partial charge on any atom is 0.181 e. The molecule has 0 N–H and O–H groups in total. The second-order valence-electron chi connectivity index (χ2n) is 6.36. The predicted molar refractivity (Wildman–Crippen MR) is 102 cm³/mol. The molecule has 0 radical (unpaired) electrons. The number of hydrogen-bond acceptors (Lipinski definition) is 5. The molecule has 1 atom stereocenters. The molecule has 0 unspecified atom stereocenters. The van der Waals surface area contributed by atoms with Gasteiger partial charge in [0.05, 0.1) is 31.0 Å². The summed E-state index contributed by atoms with van der Waals surface area (Å²) in [5, 5.41) is 5.86. The maximum atomic E-state index is 5.92. The van der Waals surface area contributed by atoms with E-state index in [1.807, 2.05) is 65.3 Å². The minimum atomic E-state index is -0.261.